The van der Waals surface area contributed by atoms with Gasteiger partial charge in [0.05, 0.1) is 17.3 Å². The van der Waals surface area contributed by atoms with Crippen molar-refractivity contribution in [2.45, 2.75) is 45.0 Å². The van der Waals surface area contributed by atoms with Gasteiger partial charge in [-0.2, -0.15) is 0 Å². The molecule has 0 bridgehead atoms. The van der Waals surface area contributed by atoms with Crippen molar-refractivity contribution in [1.82, 2.24) is 20.9 Å². The summed E-state index contributed by atoms with van der Waals surface area (Å²) in [4.78, 5) is 55.4. The number of carbonyl (C=O) groups is 4. The second kappa shape index (κ2) is 14.3. The first-order valence-electron chi connectivity index (χ1n) is 12.1. The Labute approximate surface area is 236 Å². The van der Waals surface area contributed by atoms with E-state index in [0.717, 1.165) is 5.56 Å². The summed E-state index contributed by atoms with van der Waals surface area (Å²) in [6.45, 7) is 3.01. The van der Waals surface area contributed by atoms with Crippen LogP contribution in [0.15, 0.2) is 72.9 Å². The molecule has 3 amide bonds. The summed E-state index contributed by atoms with van der Waals surface area (Å²) >= 11 is 12.0. The maximum absolute atomic E-state index is 13.0. The topological polar surface area (TPSA) is 126 Å². The highest BCUT2D eigenvalue weighted by Gasteiger charge is 2.30. The minimum absolute atomic E-state index is 0.0550. The molecule has 0 fully saturated rings. The van der Waals surface area contributed by atoms with Gasteiger partial charge in [-0.3, -0.25) is 24.2 Å². The highest BCUT2D eigenvalue weighted by atomic mass is 35.5. The number of nitrogens with zero attached hydrogens (tertiary/aromatic N) is 1. The lowest BCUT2D eigenvalue weighted by Gasteiger charge is -2.22. The van der Waals surface area contributed by atoms with Crippen LogP contribution >= 0.6 is 23.2 Å². The molecule has 3 atom stereocenters. The zero-order valence-corrected chi connectivity index (χ0v) is 22.8. The molecule has 11 heteroatoms. The number of ketones is 1. The lowest BCUT2D eigenvalue weighted by molar-refractivity contribution is -0.140. The summed E-state index contributed by atoms with van der Waals surface area (Å²) in [5, 5.41) is 8.33. The van der Waals surface area contributed by atoms with Gasteiger partial charge in [-0.15, -0.1) is 0 Å². The number of nitrogens with one attached hydrogen (secondary N) is 3. The van der Waals surface area contributed by atoms with Crippen LogP contribution in [-0.2, 0) is 32.1 Å². The maximum Gasteiger partial charge on any atom is 0.289 e. The number of halogens is 2. The summed E-state index contributed by atoms with van der Waals surface area (Å²) in [6.07, 6.45) is 0.670. The fourth-order valence-electron chi connectivity index (χ4n) is 3.49. The van der Waals surface area contributed by atoms with Crippen LogP contribution in [0, 0.1) is 0 Å². The molecule has 0 aliphatic carbocycles. The summed E-state index contributed by atoms with van der Waals surface area (Å²) in [5.74, 6) is -2.66. The van der Waals surface area contributed by atoms with Gasteiger partial charge in [0.25, 0.3) is 11.8 Å². The molecule has 39 heavy (non-hydrogen) atoms. The number of hydrogen-bond acceptors (Lipinski definition) is 6. The van der Waals surface area contributed by atoms with Gasteiger partial charge in [0.15, 0.2) is 6.10 Å². The predicted octanol–water partition coefficient (Wildman–Crippen LogP) is 3.27. The Morgan fingerprint density at radius 2 is 1.62 bits per heavy atom. The molecule has 0 spiro atoms. The molecule has 1 aromatic heterocycles. The van der Waals surface area contributed by atoms with Crippen LogP contribution < -0.4 is 20.7 Å². The summed E-state index contributed by atoms with van der Waals surface area (Å²) in [5.41, 5.74) is 1.32. The Morgan fingerprint density at radius 3 is 2.28 bits per heavy atom. The molecule has 0 saturated carbocycles. The molecular formula is C28H28Cl2N4O5. The van der Waals surface area contributed by atoms with Crippen molar-refractivity contribution in [3.8, 4) is 5.75 Å². The normalized spacial score (nSPS) is 12.9. The molecule has 1 unspecified atom stereocenters. The number of amides is 3. The standard InChI is InChI=1S/C28H28Cl2N4O5/c1-17(33-27(37)18(2)39-24-12-11-20(29)15-22(24)30)26(36)34-23(14-19-8-4-3-5-9-19)25(35)28(38)32-16-21-10-6-7-13-31-21/h3-13,15,17-18,23H,14,16H2,1-2H3,(H,32,38)(H,33,37)(H,34,36)/t17-,18?,23-/m1/s1. The van der Waals surface area contributed by atoms with Crippen LogP contribution in [0.2, 0.25) is 10.0 Å². The number of rotatable bonds is 12. The van der Waals surface area contributed by atoms with Crippen molar-refractivity contribution in [1.29, 1.82) is 0 Å². The van der Waals surface area contributed by atoms with Gasteiger partial charge in [0.2, 0.25) is 11.7 Å². The van der Waals surface area contributed by atoms with Crippen LogP contribution in [-0.4, -0.2) is 46.7 Å². The van der Waals surface area contributed by atoms with E-state index in [9.17, 15) is 19.2 Å². The van der Waals surface area contributed by atoms with Gasteiger partial charge < -0.3 is 20.7 Å². The number of hydrogen-bond donors (Lipinski definition) is 3. The molecule has 3 rings (SSSR count). The van der Waals surface area contributed by atoms with E-state index in [1.54, 1.807) is 54.7 Å². The van der Waals surface area contributed by atoms with Crippen molar-refractivity contribution >= 4 is 46.7 Å². The molecule has 0 saturated heterocycles. The third-order valence-electron chi connectivity index (χ3n) is 5.61. The zero-order chi connectivity index (χ0) is 28.4. The highest BCUT2D eigenvalue weighted by Crippen LogP contribution is 2.28. The average Bonchev–Trinajstić information content (AvgIpc) is 2.93. The fraction of sp³-hybridized carbons (Fsp3) is 0.250. The number of benzene rings is 2. The molecule has 3 N–H and O–H groups in total. The molecule has 2 aromatic carbocycles. The summed E-state index contributed by atoms with van der Waals surface area (Å²) in [6, 6.07) is 16.6. The van der Waals surface area contributed by atoms with Gasteiger partial charge in [0.1, 0.15) is 17.8 Å². The number of ether oxygens (including phenoxy) is 1. The van der Waals surface area contributed by atoms with Crippen molar-refractivity contribution in [2.75, 3.05) is 0 Å². The smallest absolute Gasteiger partial charge is 0.289 e. The van der Waals surface area contributed by atoms with E-state index in [4.69, 9.17) is 27.9 Å². The van der Waals surface area contributed by atoms with Gasteiger partial charge in [-0.05, 0) is 49.7 Å². The molecule has 204 valence electrons. The molecule has 0 aliphatic heterocycles. The van der Waals surface area contributed by atoms with E-state index >= 15 is 0 Å². The van der Waals surface area contributed by atoms with Gasteiger partial charge in [-0.1, -0.05) is 59.6 Å². The van der Waals surface area contributed by atoms with Crippen LogP contribution in [0.5, 0.6) is 5.75 Å². The molecule has 9 nitrogen and oxygen atoms in total. The monoisotopic (exact) mass is 570 g/mol. The molecular weight excluding hydrogens is 543 g/mol. The van der Waals surface area contributed by atoms with Crippen molar-refractivity contribution in [3.05, 3.63) is 94.2 Å². The van der Waals surface area contributed by atoms with Crippen molar-refractivity contribution in [2.24, 2.45) is 0 Å². The van der Waals surface area contributed by atoms with Crippen LogP contribution in [0.3, 0.4) is 0 Å². The minimum atomic E-state index is -1.16. The van der Waals surface area contributed by atoms with E-state index in [0.29, 0.717) is 10.7 Å². The van der Waals surface area contributed by atoms with E-state index in [1.165, 1.54) is 26.0 Å². The van der Waals surface area contributed by atoms with Gasteiger partial charge in [0, 0.05) is 17.6 Å². The van der Waals surface area contributed by atoms with Crippen LogP contribution in [0.25, 0.3) is 0 Å². The van der Waals surface area contributed by atoms with Crippen molar-refractivity contribution in [3.63, 3.8) is 0 Å². The first-order valence-corrected chi connectivity index (χ1v) is 12.9. The Bertz CT molecular complexity index is 1310. The second-order valence-corrected chi connectivity index (χ2v) is 9.53. The minimum Gasteiger partial charge on any atom is -0.479 e. The van der Waals surface area contributed by atoms with Gasteiger partial charge >= 0.3 is 0 Å². The maximum atomic E-state index is 13.0. The second-order valence-electron chi connectivity index (χ2n) is 8.68. The number of pyridine rings is 1. The van der Waals surface area contributed by atoms with Gasteiger partial charge in [-0.25, -0.2) is 0 Å². The summed E-state index contributed by atoms with van der Waals surface area (Å²) in [7, 11) is 0. The first-order chi connectivity index (χ1) is 18.6. The fourth-order valence-corrected chi connectivity index (χ4v) is 3.94. The zero-order valence-electron chi connectivity index (χ0n) is 21.3. The first kappa shape index (κ1) is 29.6. The summed E-state index contributed by atoms with van der Waals surface area (Å²) < 4.78 is 5.59. The van der Waals surface area contributed by atoms with E-state index in [2.05, 4.69) is 20.9 Å². The SMILES string of the molecule is CC(Oc1ccc(Cl)cc1Cl)C(=O)N[C@H](C)C(=O)N[C@H](Cc1ccccc1)C(=O)C(=O)NCc1ccccn1. The molecule has 3 aromatic rings. The molecule has 0 radical (unpaired) electrons. The highest BCUT2D eigenvalue weighted by molar-refractivity contribution is 6.38. The largest absolute Gasteiger partial charge is 0.479 e. The lowest BCUT2D eigenvalue weighted by atomic mass is 10.0. The number of Topliss-reactive ketones (excluding diaryl/α,β-unsaturated/α-hetero) is 1. The van der Waals surface area contributed by atoms with E-state index < -0.39 is 41.7 Å². The van der Waals surface area contributed by atoms with Crippen LogP contribution in [0.1, 0.15) is 25.1 Å². The van der Waals surface area contributed by atoms with E-state index in [-0.39, 0.29) is 23.7 Å². The Hall–Kier alpha value is -3.95. The molecule has 0 aliphatic rings. The van der Waals surface area contributed by atoms with E-state index in [1.807, 2.05) is 6.07 Å². The quantitative estimate of drug-likeness (QED) is 0.287. The number of carbonyl (C=O) groups excluding carboxylic acids is 4. The molecule has 1 heterocycles. The average molecular weight is 571 g/mol. The Morgan fingerprint density at radius 1 is 0.897 bits per heavy atom. The number of aromatic nitrogens is 1. The Balaban J connectivity index is 1.63. The van der Waals surface area contributed by atoms with Crippen molar-refractivity contribution < 1.29 is 23.9 Å². The lowest BCUT2D eigenvalue weighted by Crippen LogP contribution is -2.54. The van der Waals surface area contributed by atoms with Crippen LogP contribution in [0.4, 0.5) is 0 Å². The Kier molecular flexibility index (Phi) is 10.8. The third kappa shape index (κ3) is 9.08. The predicted molar refractivity (Wildman–Crippen MR) is 147 cm³/mol. The third-order valence-corrected chi connectivity index (χ3v) is 6.15.